The predicted molar refractivity (Wildman–Crippen MR) is 94.9 cm³/mol. The number of piperazine rings is 1. The van der Waals surface area contributed by atoms with Crippen LogP contribution in [0.25, 0.3) is 0 Å². The summed E-state index contributed by atoms with van der Waals surface area (Å²) in [5.74, 6) is -12.5. The lowest BCUT2D eigenvalue weighted by atomic mass is 10.1. The van der Waals surface area contributed by atoms with Gasteiger partial charge in [-0.2, -0.15) is 8.78 Å². The average molecular weight is 447 g/mol. The number of hydrogen-bond donors (Lipinski definition) is 3. The highest BCUT2D eigenvalue weighted by Gasteiger charge is 2.26. The van der Waals surface area contributed by atoms with Crippen LogP contribution in [0.4, 0.5) is 17.6 Å². The summed E-state index contributed by atoms with van der Waals surface area (Å²) in [6, 6.07) is -1.67. The fraction of sp³-hybridized carbons (Fsp3) is 0.333. The maximum atomic E-state index is 13.6. The molecule has 0 aliphatic carbocycles. The van der Waals surface area contributed by atoms with Gasteiger partial charge in [-0.25, -0.2) is 13.6 Å². The summed E-state index contributed by atoms with van der Waals surface area (Å²) in [4.78, 5) is 48.1. The van der Waals surface area contributed by atoms with Gasteiger partial charge < -0.3 is 25.4 Å². The molecule has 3 N–H and O–H groups in total. The third-order valence-corrected chi connectivity index (χ3v) is 4.05. The van der Waals surface area contributed by atoms with E-state index < -0.39 is 65.9 Å². The van der Waals surface area contributed by atoms with Gasteiger partial charge in [0.25, 0.3) is 0 Å². The summed E-state index contributed by atoms with van der Waals surface area (Å²) in [6.07, 6.45) is 1.30. The van der Waals surface area contributed by atoms with Crippen LogP contribution in [0, 0.1) is 23.3 Å². The van der Waals surface area contributed by atoms with E-state index in [1.165, 1.54) is 4.90 Å². The largest absolute Gasteiger partial charge is 0.479 e. The van der Waals surface area contributed by atoms with Gasteiger partial charge in [0, 0.05) is 25.2 Å². The second-order valence-electron chi connectivity index (χ2n) is 6.29. The summed E-state index contributed by atoms with van der Waals surface area (Å²) in [7, 11) is 0. The van der Waals surface area contributed by atoms with Gasteiger partial charge >= 0.3 is 5.97 Å². The SMILES string of the molecule is O=C(O)/C=C/C(NC(=O)CN1CCNCC1=O)C(=O)COc1c(F)c(F)cc(F)c1F. The number of carboxylic acids is 1. The number of carbonyl (C=O) groups excluding carboxylic acids is 3. The van der Waals surface area contributed by atoms with Crippen LogP contribution in [-0.4, -0.2) is 72.4 Å². The van der Waals surface area contributed by atoms with E-state index in [1.807, 2.05) is 0 Å². The van der Waals surface area contributed by atoms with Crippen molar-refractivity contribution < 1.29 is 46.6 Å². The van der Waals surface area contributed by atoms with Crippen molar-refractivity contribution in [3.8, 4) is 5.75 Å². The second kappa shape index (κ2) is 10.5. The topological polar surface area (TPSA) is 125 Å². The summed E-state index contributed by atoms with van der Waals surface area (Å²) < 4.78 is 58.3. The fourth-order valence-electron chi connectivity index (χ4n) is 2.53. The molecule has 2 amide bonds. The number of hydrogen-bond acceptors (Lipinski definition) is 6. The third-order valence-electron chi connectivity index (χ3n) is 4.05. The molecule has 168 valence electrons. The van der Waals surface area contributed by atoms with Gasteiger partial charge in [0.15, 0.2) is 23.2 Å². The molecule has 1 aromatic carbocycles. The Morgan fingerprint density at radius 1 is 1.23 bits per heavy atom. The van der Waals surface area contributed by atoms with E-state index in [0.717, 1.165) is 6.08 Å². The quantitative estimate of drug-likeness (QED) is 0.271. The lowest BCUT2D eigenvalue weighted by Crippen LogP contribution is -2.53. The lowest BCUT2D eigenvalue weighted by molar-refractivity contribution is -0.137. The number of benzene rings is 1. The molecular formula is C18H17F4N3O6. The van der Waals surface area contributed by atoms with Gasteiger partial charge in [-0.15, -0.1) is 0 Å². The predicted octanol–water partition coefficient (Wildman–Crippen LogP) is -0.252. The number of ketones is 1. The smallest absolute Gasteiger partial charge is 0.328 e. The van der Waals surface area contributed by atoms with E-state index >= 15 is 0 Å². The third kappa shape index (κ3) is 6.50. The summed E-state index contributed by atoms with van der Waals surface area (Å²) in [5.41, 5.74) is 0. The van der Waals surface area contributed by atoms with E-state index in [9.17, 15) is 36.7 Å². The summed E-state index contributed by atoms with van der Waals surface area (Å²) >= 11 is 0. The molecule has 0 radical (unpaired) electrons. The van der Waals surface area contributed by atoms with E-state index in [1.54, 1.807) is 0 Å². The summed E-state index contributed by atoms with van der Waals surface area (Å²) in [6.45, 7) is -0.898. The first kappa shape index (κ1) is 23.8. The van der Waals surface area contributed by atoms with E-state index in [0.29, 0.717) is 12.6 Å². The molecule has 1 aromatic rings. The number of halogens is 4. The molecule has 1 fully saturated rings. The molecule has 13 heteroatoms. The number of nitrogens with one attached hydrogen (secondary N) is 2. The minimum atomic E-state index is -1.87. The number of nitrogens with zero attached hydrogens (tertiary/aromatic N) is 1. The van der Waals surface area contributed by atoms with E-state index in [2.05, 4.69) is 15.4 Å². The number of amides is 2. The zero-order valence-corrected chi connectivity index (χ0v) is 15.8. The van der Waals surface area contributed by atoms with Crippen molar-refractivity contribution in [1.29, 1.82) is 0 Å². The maximum absolute atomic E-state index is 13.6. The number of ether oxygens (including phenoxy) is 1. The molecule has 31 heavy (non-hydrogen) atoms. The van der Waals surface area contributed by atoms with E-state index in [4.69, 9.17) is 5.11 Å². The molecule has 0 saturated carbocycles. The molecule has 1 atom stereocenters. The first-order chi connectivity index (χ1) is 14.6. The molecule has 0 bridgehead atoms. The monoisotopic (exact) mass is 447 g/mol. The van der Waals surface area contributed by atoms with Crippen molar-refractivity contribution >= 4 is 23.6 Å². The number of carboxylic acid groups (broad SMARTS) is 1. The molecule has 0 spiro atoms. The van der Waals surface area contributed by atoms with Crippen LogP contribution in [0.1, 0.15) is 0 Å². The fourth-order valence-corrected chi connectivity index (χ4v) is 2.53. The van der Waals surface area contributed by atoms with Crippen LogP contribution in [0.15, 0.2) is 18.2 Å². The van der Waals surface area contributed by atoms with Crippen LogP contribution in [-0.2, 0) is 19.2 Å². The zero-order chi connectivity index (χ0) is 23.1. The minimum absolute atomic E-state index is 0.0176. The number of Topliss-reactive ketones (excluding diaryl/α,β-unsaturated/α-hetero) is 1. The Morgan fingerprint density at radius 3 is 2.45 bits per heavy atom. The van der Waals surface area contributed by atoms with Gasteiger partial charge in [0.2, 0.25) is 23.4 Å². The molecular weight excluding hydrogens is 430 g/mol. The van der Waals surface area contributed by atoms with E-state index in [-0.39, 0.29) is 25.1 Å². The number of rotatable bonds is 9. The zero-order valence-electron chi connectivity index (χ0n) is 15.8. The van der Waals surface area contributed by atoms with Crippen molar-refractivity contribution in [2.75, 3.05) is 32.8 Å². The lowest BCUT2D eigenvalue weighted by Gasteiger charge is -2.27. The highest BCUT2D eigenvalue weighted by Crippen LogP contribution is 2.26. The molecule has 1 saturated heterocycles. The van der Waals surface area contributed by atoms with Crippen LogP contribution in [0.5, 0.6) is 5.75 Å². The molecule has 0 aromatic heterocycles. The van der Waals surface area contributed by atoms with Crippen molar-refractivity contribution in [3.05, 3.63) is 41.5 Å². The van der Waals surface area contributed by atoms with Gasteiger partial charge in [0.1, 0.15) is 12.6 Å². The Morgan fingerprint density at radius 2 is 1.87 bits per heavy atom. The van der Waals surface area contributed by atoms with Gasteiger partial charge in [-0.1, -0.05) is 0 Å². The Labute approximate surface area is 172 Å². The van der Waals surface area contributed by atoms with Crippen LogP contribution in [0.3, 0.4) is 0 Å². The first-order valence-electron chi connectivity index (χ1n) is 8.77. The van der Waals surface area contributed by atoms with Gasteiger partial charge in [-0.05, 0) is 6.08 Å². The van der Waals surface area contributed by atoms with Crippen molar-refractivity contribution in [3.63, 3.8) is 0 Å². The van der Waals surface area contributed by atoms with Crippen molar-refractivity contribution in [1.82, 2.24) is 15.5 Å². The Bertz CT molecular complexity index is 898. The van der Waals surface area contributed by atoms with Crippen LogP contribution in [0.2, 0.25) is 0 Å². The maximum Gasteiger partial charge on any atom is 0.328 e. The molecule has 2 rings (SSSR count). The highest BCUT2D eigenvalue weighted by molar-refractivity contribution is 5.94. The Kier molecular flexibility index (Phi) is 8.07. The van der Waals surface area contributed by atoms with Gasteiger partial charge in [0.05, 0.1) is 13.1 Å². The van der Waals surface area contributed by atoms with Crippen LogP contribution < -0.4 is 15.4 Å². The number of aliphatic carboxylic acids is 1. The standard InChI is InChI=1S/C18H17F4N3O6/c19-9-5-10(20)17(22)18(16(9)21)31-8-12(26)11(1-2-15(29)30)24-13(27)7-25-4-3-23-6-14(25)28/h1-2,5,11,23H,3-4,6-8H2,(H,24,27)(H,29,30)/b2-1+. The van der Waals surface area contributed by atoms with Gasteiger partial charge in [-0.3, -0.25) is 14.4 Å². The highest BCUT2D eigenvalue weighted by atomic mass is 19.2. The normalized spacial score (nSPS) is 15.1. The molecule has 1 unspecified atom stereocenters. The Balaban J connectivity index is 2.09. The average Bonchev–Trinajstić information content (AvgIpc) is 2.71. The molecule has 1 aliphatic rings. The van der Waals surface area contributed by atoms with Crippen molar-refractivity contribution in [2.24, 2.45) is 0 Å². The number of carbonyl (C=O) groups is 4. The van der Waals surface area contributed by atoms with Crippen LogP contribution >= 0.6 is 0 Å². The van der Waals surface area contributed by atoms with Crippen molar-refractivity contribution in [2.45, 2.75) is 6.04 Å². The minimum Gasteiger partial charge on any atom is -0.479 e. The molecule has 1 aliphatic heterocycles. The first-order valence-corrected chi connectivity index (χ1v) is 8.77. The second-order valence-corrected chi connectivity index (χ2v) is 6.29. The molecule has 1 heterocycles. The summed E-state index contributed by atoms with van der Waals surface area (Å²) in [5, 5.41) is 13.7. The molecule has 9 nitrogen and oxygen atoms in total. The Hall–Kier alpha value is -3.48.